The summed E-state index contributed by atoms with van der Waals surface area (Å²) in [5.74, 6) is 0.0979. The zero-order chi connectivity index (χ0) is 32.2. The number of methoxy groups -OCH3 is 1. The third-order valence-electron chi connectivity index (χ3n) is 7.50. The normalized spacial score (nSPS) is 17.8. The van der Waals surface area contributed by atoms with E-state index < -0.39 is 23.9 Å². The van der Waals surface area contributed by atoms with Gasteiger partial charge in [-0.25, -0.2) is 0 Å². The number of likely N-dealkylation sites (N-methyl/N-ethyl adjacent to an activating group) is 2. The molecule has 1 heterocycles. The predicted molar refractivity (Wildman–Crippen MR) is 168 cm³/mol. The molecule has 4 amide bonds. The number of carbonyl (C=O) groups is 4. The number of rotatable bonds is 8. The molecule has 45 heavy (non-hydrogen) atoms. The molecular formula is C34H40N4O7. The number of benzene rings is 3. The Balaban J connectivity index is 1.50. The number of fused-ring (bicyclic) bond motifs is 1. The molecule has 238 valence electrons. The van der Waals surface area contributed by atoms with Gasteiger partial charge < -0.3 is 34.6 Å². The molecule has 1 aliphatic heterocycles. The van der Waals surface area contributed by atoms with Crippen LogP contribution in [0, 0.1) is 0 Å². The Bertz CT molecular complexity index is 1450. The summed E-state index contributed by atoms with van der Waals surface area (Å²) in [6, 6.07) is 21.4. The highest BCUT2D eigenvalue weighted by Gasteiger charge is 2.29. The number of hydrogen-bond donors (Lipinski definition) is 2. The summed E-state index contributed by atoms with van der Waals surface area (Å²) in [6.07, 6.45) is 0.230. The maximum atomic E-state index is 13.6. The molecule has 0 bridgehead atoms. The molecule has 0 saturated heterocycles. The van der Waals surface area contributed by atoms with E-state index in [2.05, 4.69) is 10.6 Å². The van der Waals surface area contributed by atoms with Crippen LogP contribution in [0.5, 0.6) is 17.2 Å². The van der Waals surface area contributed by atoms with E-state index in [1.807, 2.05) is 30.3 Å². The summed E-state index contributed by atoms with van der Waals surface area (Å²) in [6.45, 7) is 0.810. The Hall–Kier alpha value is -5.06. The number of nitrogens with zero attached hydrogens (tertiary/aromatic N) is 2. The van der Waals surface area contributed by atoms with Gasteiger partial charge in [0.15, 0.2) is 0 Å². The van der Waals surface area contributed by atoms with Gasteiger partial charge in [0, 0.05) is 26.9 Å². The SMILES string of the molecule is COc1ccc(OCCN(C)C(=O)[C@@H]2CCC(=O)N[C@H](Cc3ccccc3)C(=O)N(C)CCOc3ccccc3C(=O)N2)cc1. The Morgan fingerprint density at radius 3 is 2.38 bits per heavy atom. The van der Waals surface area contributed by atoms with Crippen LogP contribution in [-0.4, -0.2) is 93.0 Å². The second-order valence-corrected chi connectivity index (χ2v) is 10.8. The Labute approximate surface area is 263 Å². The number of para-hydroxylation sites is 1. The van der Waals surface area contributed by atoms with Gasteiger partial charge in [0.2, 0.25) is 17.7 Å². The van der Waals surface area contributed by atoms with E-state index in [0.717, 1.165) is 5.56 Å². The van der Waals surface area contributed by atoms with Gasteiger partial charge in [-0.1, -0.05) is 42.5 Å². The lowest BCUT2D eigenvalue weighted by molar-refractivity contribution is -0.136. The van der Waals surface area contributed by atoms with Crippen LogP contribution >= 0.6 is 0 Å². The summed E-state index contributed by atoms with van der Waals surface area (Å²) in [7, 11) is 4.84. The summed E-state index contributed by atoms with van der Waals surface area (Å²) in [5.41, 5.74) is 1.14. The molecule has 0 aliphatic carbocycles. The lowest BCUT2D eigenvalue weighted by Gasteiger charge is -2.26. The molecule has 11 heteroatoms. The summed E-state index contributed by atoms with van der Waals surface area (Å²) < 4.78 is 16.9. The fourth-order valence-corrected chi connectivity index (χ4v) is 4.88. The summed E-state index contributed by atoms with van der Waals surface area (Å²) >= 11 is 0. The first-order valence-electron chi connectivity index (χ1n) is 14.9. The van der Waals surface area contributed by atoms with Crippen molar-refractivity contribution >= 4 is 23.6 Å². The molecule has 0 aromatic heterocycles. The number of amides is 4. The zero-order valence-corrected chi connectivity index (χ0v) is 25.9. The van der Waals surface area contributed by atoms with E-state index in [4.69, 9.17) is 14.2 Å². The summed E-state index contributed by atoms with van der Waals surface area (Å²) in [4.78, 5) is 56.6. The molecule has 2 atom stereocenters. The predicted octanol–water partition coefficient (Wildman–Crippen LogP) is 2.69. The Morgan fingerprint density at radius 1 is 0.956 bits per heavy atom. The fourth-order valence-electron chi connectivity index (χ4n) is 4.88. The first-order chi connectivity index (χ1) is 21.7. The number of ether oxygens (including phenoxy) is 3. The Kier molecular flexibility index (Phi) is 11.8. The molecular weight excluding hydrogens is 576 g/mol. The average molecular weight is 617 g/mol. The largest absolute Gasteiger partial charge is 0.497 e. The highest BCUT2D eigenvalue weighted by Crippen LogP contribution is 2.20. The van der Waals surface area contributed by atoms with Gasteiger partial charge in [0.1, 0.15) is 42.5 Å². The highest BCUT2D eigenvalue weighted by atomic mass is 16.5. The van der Waals surface area contributed by atoms with E-state index >= 15 is 0 Å². The second-order valence-electron chi connectivity index (χ2n) is 10.8. The van der Waals surface area contributed by atoms with E-state index in [0.29, 0.717) is 23.7 Å². The monoisotopic (exact) mass is 616 g/mol. The molecule has 3 aromatic rings. The molecule has 11 nitrogen and oxygen atoms in total. The molecule has 0 unspecified atom stereocenters. The maximum absolute atomic E-state index is 13.6. The van der Waals surface area contributed by atoms with Crippen LogP contribution < -0.4 is 24.8 Å². The number of nitrogens with one attached hydrogen (secondary N) is 2. The van der Waals surface area contributed by atoms with Gasteiger partial charge in [-0.15, -0.1) is 0 Å². The van der Waals surface area contributed by atoms with Crippen LogP contribution in [0.25, 0.3) is 0 Å². The van der Waals surface area contributed by atoms with Crippen LogP contribution in [0.3, 0.4) is 0 Å². The van der Waals surface area contributed by atoms with E-state index in [1.165, 1.54) is 9.80 Å². The van der Waals surface area contributed by atoms with Crippen molar-refractivity contribution in [2.24, 2.45) is 0 Å². The first kappa shape index (κ1) is 32.8. The fraction of sp³-hybridized carbons (Fsp3) is 0.353. The Morgan fingerprint density at radius 2 is 1.64 bits per heavy atom. The quantitative estimate of drug-likeness (QED) is 0.399. The molecule has 0 spiro atoms. The van der Waals surface area contributed by atoms with E-state index in [-0.39, 0.29) is 56.5 Å². The van der Waals surface area contributed by atoms with Crippen LogP contribution in [0.15, 0.2) is 78.9 Å². The van der Waals surface area contributed by atoms with Crippen LogP contribution in [0.1, 0.15) is 28.8 Å². The van der Waals surface area contributed by atoms with Gasteiger partial charge in [0.05, 0.1) is 25.8 Å². The second kappa shape index (κ2) is 16.1. The molecule has 0 fully saturated rings. The van der Waals surface area contributed by atoms with Gasteiger partial charge in [-0.2, -0.15) is 0 Å². The van der Waals surface area contributed by atoms with Crippen LogP contribution in [0.4, 0.5) is 0 Å². The minimum atomic E-state index is -1.02. The molecule has 3 aromatic carbocycles. The third kappa shape index (κ3) is 9.46. The molecule has 2 N–H and O–H groups in total. The maximum Gasteiger partial charge on any atom is 0.255 e. The van der Waals surface area contributed by atoms with Crippen molar-refractivity contribution in [1.29, 1.82) is 0 Å². The molecule has 4 rings (SSSR count). The van der Waals surface area contributed by atoms with Crippen molar-refractivity contribution in [2.45, 2.75) is 31.3 Å². The topological polar surface area (TPSA) is 127 Å². The van der Waals surface area contributed by atoms with Crippen molar-refractivity contribution in [2.75, 3.05) is 47.5 Å². The minimum absolute atomic E-state index is 0.0190. The van der Waals surface area contributed by atoms with Crippen LogP contribution in [0.2, 0.25) is 0 Å². The van der Waals surface area contributed by atoms with Crippen molar-refractivity contribution in [3.63, 3.8) is 0 Å². The lowest BCUT2D eigenvalue weighted by atomic mass is 10.0. The van der Waals surface area contributed by atoms with E-state index in [9.17, 15) is 19.2 Å². The average Bonchev–Trinajstić information content (AvgIpc) is 3.06. The van der Waals surface area contributed by atoms with Gasteiger partial charge in [-0.3, -0.25) is 19.2 Å². The molecule has 1 aliphatic rings. The van der Waals surface area contributed by atoms with Crippen molar-refractivity contribution < 1.29 is 33.4 Å². The van der Waals surface area contributed by atoms with Gasteiger partial charge in [0.25, 0.3) is 5.91 Å². The molecule has 0 saturated carbocycles. The van der Waals surface area contributed by atoms with Crippen molar-refractivity contribution in [1.82, 2.24) is 20.4 Å². The smallest absolute Gasteiger partial charge is 0.255 e. The van der Waals surface area contributed by atoms with Gasteiger partial charge in [-0.05, 0) is 48.4 Å². The number of hydrogen-bond acceptors (Lipinski definition) is 7. The third-order valence-corrected chi connectivity index (χ3v) is 7.50. The minimum Gasteiger partial charge on any atom is -0.497 e. The van der Waals surface area contributed by atoms with Crippen molar-refractivity contribution in [3.8, 4) is 17.2 Å². The summed E-state index contributed by atoms with van der Waals surface area (Å²) in [5, 5.41) is 5.67. The zero-order valence-electron chi connectivity index (χ0n) is 25.9. The molecule has 0 radical (unpaired) electrons. The lowest BCUT2D eigenvalue weighted by Crippen LogP contribution is -2.50. The standard InChI is InChI=1S/C34H40N4O7/c1-37(19-21-44-26-15-13-25(43-3)14-16-26)33(41)28-17-18-31(39)35-29(23-24-9-5-4-6-10-24)34(42)38(2)20-22-45-30-12-8-7-11-27(30)32(40)36-28/h4-16,28-29H,17-23H2,1-3H3,(H,35,39)(H,36,40)/t28-,29+/m0/s1. The number of carbonyl (C=O) groups excluding carboxylic acids is 4. The van der Waals surface area contributed by atoms with Crippen molar-refractivity contribution in [3.05, 3.63) is 90.0 Å². The van der Waals surface area contributed by atoms with E-state index in [1.54, 1.807) is 69.7 Å². The van der Waals surface area contributed by atoms with Crippen LogP contribution in [-0.2, 0) is 20.8 Å². The van der Waals surface area contributed by atoms with Gasteiger partial charge >= 0.3 is 0 Å². The highest BCUT2D eigenvalue weighted by molar-refractivity contribution is 5.99. The first-order valence-corrected chi connectivity index (χ1v) is 14.9.